The highest BCUT2D eigenvalue weighted by molar-refractivity contribution is 7.92. The number of hydrogen-bond acceptors (Lipinski definition) is 6. The molecule has 11 heteroatoms. The third-order valence-corrected chi connectivity index (χ3v) is 7.94. The van der Waals surface area contributed by atoms with Gasteiger partial charge >= 0.3 is 0 Å². The van der Waals surface area contributed by atoms with Crippen molar-refractivity contribution in [3.8, 4) is 0 Å². The quantitative estimate of drug-likeness (QED) is 0.410. The molecular formula is C25H27ClN6O3S. The molecule has 1 fully saturated rings. The molecule has 5 rings (SSSR count). The second-order valence-corrected chi connectivity index (χ2v) is 10.8. The molecule has 0 radical (unpaired) electrons. The maximum Gasteiger partial charge on any atom is 0.263 e. The van der Waals surface area contributed by atoms with E-state index in [1.54, 1.807) is 24.3 Å². The summed E-state index contributed by atoms with van der Waals surface area (Å²) in [5, 5.41) is 1.70. The van der Waals surface area contributed by atoms with Gasteiger partial charge in [0.25, 0.3) is 10.0 Å². The van der Waals surface area contributed by atoms with Crippen molar-refractivity contribution in [3.63, 3.8) is 0 Å². The molecule has 36 heavy (non-hydrogen) atoms. The first-order valence-corrected chi connectivity index (χ1v) is 13.3. The van der Waals surface area contributed by atoms with Crippen LogP contribution in [0.3, 0.4) is 0 Å². The Kier molecular flexibility index (Phi) is 6.55. The number of piperazine rings is 1. The third-order valence-electron chi connectivity index (χ3n) is 6.33. The van der Waals surface area contributed by atoms with Gasteiger partial charge < -0.3 is 14.4 Å². The average Bonchev–Trinajstić information content (AvgIpc) is 3.18. The molecule has 0 spiro atoms. The first kappa shape index (κ1) is 24.1. The van der Waals surface area contributed by atoms with E-state index in [9.17, 15) is 13.2 Å². The summed E-state index contributed by atoms with van der Waals surface area (Å²) in [4.78, 5) is 24.9. The number of carbonyl (C=O) groups excluding carboxylic acids is 1. The molecule has 1 aliphatic rings. The van der Waals surface area contributed by atoms with Gasteiger partial charge in [-0.25, -0.2) is 18.4 Å². The fraction of sp³-hybridized carbons (Fsp3) is 0.240. The number of rotatable bonds is 6. The predicted molar refractivity (Wildman–Crippen MR) is 142 cm³/mol. The van der Waals surface area contributed by atoms with Crippen molar-refractivity contribution in [2.45, 2.75) is 18.4 Å². The number of sulfonamides is 1. The fourth-order valence-corrected chi connectivity index (χ4v) is 5.61. The molecule has 1 amide bonds. The lowest BCUT2D eigenvalue weighted by atomic mass is 10.2. The van der Waals surface area contributed by atoms with Gasteiger partial charge in [0.15, 0.2) is 0 Å². The Morgan fingerprint density at radius 2 is 1.81 bits per heavy atom. The van der Waals surface area contributed by atoms with Crippen LogP contribution in [-0.2, 0) is 21.4 Å². The summed E-state index contributed by atoms with van der Waals surface area (Å²) in [6, 6.07) is 15.9. The normalized spacial score (nSPS) is 14.3. The summed E-state index contributed by atoms with van der Waals surface area (Å²) in [5.74, 6) is 0.282. The van der Waals surface area contributed by atoms with E-state index in [2.05, 4.69) is 19.6 Å². The van der Waals surface area contributed by atoms with Crippen molar-refractivity contribution >= 4 is 49.9 Å². The highest BCUT2D eigenvalue weighted by Gasteiger charge is 2.23. The molecule has 0 atom stereocenters. The Morgan fingerprint density at radius 3 is 2.50 bits per heavy atom. The van der Waals surface area contributed by atoms with Crippen molar-refractivity contribution in [1.82, 2.24) is 19.4 Å². The van der Waals surface area contributed by atoms with E-state index < -0.39 is 10.0 Å². The number of carbonyl (C=O) groups is 1. The molecule has 0 saturated carbocycles. The van der Waals surface area contributed by atoms with E-state index in [1.165, 1.54) is 18.6 Å². The highest BCUT2D eigenvalue weighted by Crippen LogP contribution is 2.24. The molecule has 0 bridgehead atoms. The van der Waals surface area contributed by atoms with Gasteiger partial charge in [0.1, 0.15) is 18.7 Å². The van der Waals surface area contributed by atoms with Gasteiger partial charge in [-0.15, -0.1) is 0 Å². The molecule has 0 unspecified atom stereocenters. The molecule has 2 aromatic carbocycles. The number of amides is 1. The largest absolute Gasteiger partial charge is 0.368 e. The number of benzene rings is 2. The number of nitrogens with zero attached hydrogens (tertiary/aromatic N) is 5. The number of aryl methyl sites for hydroxylation is 1. The molecule has 4 aromatic rings. The lowest BCUT2D eigenvalue weighted by molar-refractivity contribution is -0.132. The molecule has 1 saturated heterocycles. The van der Waals surface area contributed by atoms with Crippen LogP contribution in [-0.4, -0.2) is 59.9 Å². The number of aromatic nitrogens is 3. The molecule has 3 heterocycles. The van der Waals surface area contributed by atoms with Crippen molar-refractivity contribution in [2.75, 3.05) is 35.8 Å². The van der Waals surface area contributed by atoms with Crippen LogP contribution in [0.15, 0.2) is 72.0 Å². The van der Waals surface area contributed by atoms with Gasteiger partial charge in [-0.2, -0.15) is 0 Å². The van der Waals surface area contributed by atoms with Crippen LogP contribution in [0.5, 0.6) is 0 Å². The number of halogens is 1. The smallest absolute Gasteiger partial charge is 0.263 e. The molecule has 0 aliphatic carbocycles. The lowest BCUT2D eigenvalue weighted by Crippen LogP contribution is -2.49. The Hall–Kier alpha value is -3.63. The summed E-state index contributed by atoms with van der Waals surface area (Å²) in [7, 11) is -3.75. The Labute approximate surface area is 215 Å². The zero-order chi connectivity index (χ0) is 25.3. The van der Waals surface area contributed by atoms with Gasteiger partial charge in [0.2, 0.25) is 5.91 Å². The monoisotopic (exact) mass is 526 g/mol. The third kappa shape index (κ3) is 5.00. The number of anilines is 2. The molecule has 1 N–H and O–H groups in total. The van der Waals surface area contributed by atoms with Crippen molar-refractivity contribution < 1.29 is 14.6 Å². The Balaban J connectivity index is 0.00000320. The van der Waals surface area contributed by atoms with E-state index in [4.69, 9.17) is 11.6 Å². The number of fused-ring (bicyclic) bond motifs is 1. The van der Waals surface area contributed by atoms with E-state index in [0.29, 0.717) is 31.2 Å². The standard InChI is InChI=1S/C25H25ClN6O3S.H2/c1-18-14-19-15-20(26)2-7-23(19)32(18)16-25(33)31-12-10-30(11-13-31)21-3-5-22(6-4-21)36(34,35)29-24-8-9-27-17-28-24;/h2-9,14-15,17H,10-13,16H2,1H3,(H,27,28,29);1H. The summed E-state index contributed by atoms with van der Waals surface area (Å²) >= 11 is 6.11. The molecule has 2 aromatic heterocycles. The maximum absolute atomic E-state index is 13.1. The van der Waals surface area contributed by atoms with Crippen LogP contribution in [0.1, 0.15) is 7.12 Å². The van der Waals surface area contributed by atoms with Gasteiger partial charge in [-0.05, 0) is 61.5 Å². The van der Waals surface area contributed by atoms with Gasteiger partial charge in [-0.3, -0.25) is 9.52 Å². The van der Waals surface area contributed by atoms with Crippen molar-refractivity contribution in [2.24, 2.45) is 0 Å². The average molecular weight is 527 g/mol. The van der Waals surface area contributed by atoms with E-state index in [1.807, 2.05) is 40.7 Å². The summed E-state index contributed by atoms with van der Waals surface area (Å²) in [5.41, 5.74) is 2.92. The lowest BCUT2D eigenvalue weighted by Gasteiger charge is -2.36. The van der Waals surface area contributed by atoms with Crippen LogP contribution in [0, 0.1) is 6.92 Å². The highest BCUT2D eigenvalue weighted by atomic mass is 35.5. The minimum absolute atomic E-state index is 0. The first-order chi connectivity index (χ1) is 17.3. The second kappa shape index (κ2) is 9.79. The minimum Gasteiger partial charge on any atom is -0.368 e. The van der Waals surface area contributed by atoms with Crippen LogP contribution >= 0.6 is 11.6 Å². The van der Waals surface area contributed by atoms with Crippen molar-refractivity contribution in [3.05, 3.63) is 77.8 Å². The van der Waals surface area contributed by atoms with E-state index in [0.717, 1.165) is 22.3 Å². The van der Waals surface area contributed by atoms with Crippen molar-refractivity contribution in [1.29, 1.82) is 0 Å². The SMILES string of the molecule is Cc1cc2cc(Cl)ccc2n1CC(=O)N1CCN(c2ccc(S(=O)(=O)Nc3ccncn3)cc2)CC1.[HH]. The summed E-state index contributed by atoms with van der Waals surface area (Å²) in [6.45, 7) is 4.79. The van der Waals surface area contributed by atoms with Gasteiger partial charge in [0, 0.05) is 61.1 Å². The van der Waals surface area contributed by atoms with Crippen LogP contribution in [0.2, 0.25) is 5.02 Å². The summed E-state index contributed by atoms with van der Waals surface area (Å²) < 4.78 is 29.7. The number of nitrogens with one attached hydrogen (secondary N) is 1. The maximum atomic E-state index is 13.1. The Morgan fingerprint density at radius 1 is 1.06 bits per heavy atom. The van der Waals surface area contributed by atoms with Crippen LogP contribution in [0.4, 0.5) is 11.5 Å². The van der Waals surface area contributed by atoms with Crippen LogP contribution < -0.4 is 9.62 Å². The van der Waals surface area contributed by atoms with Gasteiger partial charge in [0.05, 0.1) is 4.90 Å². The molecule has 1 aliphatic heterocycles. The predicted octanol–water partition coefficient (Wildman–Crippen LogP) is 3.79. The molecule has 9 nitrogen and oxygen atoms in total. The second-order valence-electron chi connectivity index (χ2n) is 8.64. The first-order valence-electron chi connectivity index (χ1n) is 11.5. The molecule has 188 valence electrons. The van der Waals surface area contributed by atoms with Gasteiger partial charge in [-0.1, -0.05) is 11.6 Å². The zero-order valence-corrected chi connectivity index (χ0v) is 21.2. The fourth-order valence-electron chi connectivity index (χ4n) is 4.42. The topological polar surface area (TPSA) is 100 Å². The zero-order valence-electron chi connectivity index (χ0n) is 19.6. The Bertz CT molecular complexity index is 1500. The molecular weight excluding hydrogens is 500 g/mol. The van der Waals surface area contributed by atoms with Crippen LogP contribution in [0.25, 0.3) is 10.9 Å². The minimum atomic E-state index is -3.75. The summed E-state index contributed by atoms with van der Waals surface area (Å²) in [6.07, 6.45) is 2.75. The van der Waals surface area contributed by atoms with E-state index in [-0.39, 0.29) is 24.6 Å². The number of hydrogen-bond donors (Lipinski definition) is 1. The van der Waals surface area contributed by atoms with E-state index >= 15 is 0 Å².